The fourth-order valence-electron chi connectivity index (χ4n) is 2.18. The van der Waals surface area contributed by atoms with Gasteiger partial charge in [-0.15, -0.1) is 8.42 Å². The maximum Gasteiger partial charge on any atom is 0.409 e. The molecule has 0 aliphatic carbocycles. The van der Waals surface area contributed by atoms with Gasteiger partial charge in [0.2, 0.25) is 0 Å². The van der Waals surface area contributed by atoms with Gasteiger partial charge < -0.3 is 14.0 Å². The van der Waals surface area contributed by atoms with Gasteiger partial charge in [0.25, 0.3) is 0 Å². The molecule has 2 N–H and O–H groups in total. The number of hydrogen-bond acceptors (Lipinski definition) is 4. The minimum atomic E-state index is -3.92. The number of ether oxygens (including phenoxy) is 2. The molecule has 0 fully saturated rings. The van der Waals surface area contributed by atoms with E-state index in [4.69, 9.17) is 14.0 Å². The van der Waals surface area contributed by atoms with Gasteiger partial charge in [0.15, 0.2) is 0 Å². The minimum Gasteiger partial charge on any atom is -0.490 e. The molecule has 24 heavy (non-hydrogen) atoms. The largest absolute Gasteiger partial charge is 0.490 e. The fraction of sp³-hybridized carbons (Fsp3) is 0.333. The van der Waals surface area contributed by atoms with Crippen molar-refractivity contribution < 1.29 is 22.4 Å². The Bertz CT molecular complexity index is 753. The topological polar surface area (TPSA) is 75.5 Å². The first kappa shape index (κ1) is 18.3. The van der Waals surface area contributed by atoms with E-state index in [2.05, 4.69) is 19.9 Å². The van der Waals surface area contributed by atoms with Gasteiger partial charge in [0.1, 0.15) is 29.6 Å². The maximum absolute atomic E-state index is 11.1. The Morgan fingerprint density at radius 3 is 2.21 bits per heavy atom. The molecule has 0 amide bonds. The lowest BCUT2D eigenvalue weighted by molar-refractivity contribution is 0.217. The molecule has 2 aromatic carbocycles. The van der Waals surface area contributed by atoms with Crippen molar-refractivity contribution in [3.63, 3.8) is 0 Å². The molecule has 0 saturated carbocycles. The minimum absolute atomic E-state index is 0.0482. The second-order valence-electron chi connectivity index (χ2n) is 5.55. The highest BCUT2D eigenvalue weighted by Gasteiger charge is 2.13. The van der Waals surface area contributed by atoms with Crippen LogP contribution < -0.4 is 9.47 Å². The van der Waals surface area contributed by atoms with E-state index in [0.717, 1.165) is 12.2 Å². The fourth-order valence-corrected chi connectivity index (χ4v) is 2.68. The predicted molar refractivity (Wildman–Crippen MR) is 93.4 cm³/mol. The summed E-state index contributed by atoms with van der Waals surface area (Å²) in [5.41, 5.74) is 1.25. The van der Waals surface area contributed by atoms with Crippen molar-refractivity contribution in [1.29, 1.82) is 0 Å². The highest BCUT2D eigenvalue weighted by Crippen LogP contribution is 2.23. The molecule has 0 radical (unpaired) electrons. The molecule has 0 aromatic heterocycles. The zero-order valence-electron chi connectivity index (χ0n) is 13.9. The molecular formula is C18H23O5S+. The van der Waals surface area contributed by atoms with Crippen LogP contribution in [0.2, 0.25) is 0 Å². The summed E-state index contributed by atoms with van der Waals surface area (Å²) in [5.74, 6) is 1.85. The van der Waals surface area contributed by atoms with E-state index in [9.17, 15) is 8.42 Å². The average molecular weight is 351 g/mol. The second kappa shape index (κ2) is 8.17. The third-order valence-corrected chi connectivity index (χ3v) is 4.69. The predicted octanol–water partition coefficient (Wildman–Crippen LogP) is 3.07. The second-order valence-corrected chi connectivity index (χ2v) is 7.03. The van der Waals surface area contributed by atoms with Crippen LogP contribution in [0.25, 0.3) is 0 Å². The molecule has 0 saturated heterocycles. The van der Waals surface area contributed by atoms with Crippen LogP contribution in [0.5, 0.6) is 11.5 Å². The van der Waals surface area contributed by atoms with Crippen LogP contribution in [0.15, 0.2) is 53.4 Å². The SMILES string of the molecule is CCC(C)c1cccc(OCCOc2ccc(S(=O)(=O)[OH2+])cc2)c1. The lowest BCUT2D eigenvalue weighted by Crippen LogP contribution is -2.09. The molecule has 0 aliphatic heterocycles. The Morgan fingerprint density at radius 1 is 1.00 bits per heavy atom. The lowest BCUT2D eigenvalue weighted by atomic mass is 9.99. The number of hydrogen-bond donors (Lipinski definition) is 0. The van der Waals surface area contributed by atoms with Gasteiger partial charge in [-0.2, -0.15) is 0 Å². The highest BCUT2D eigenvalue weighted by atomic mass is 32.2. The molecule has 0 heterocycles. The first-order valence-corrected chi connectivity index (χ1v) is 9.33. The van der Waals surface area contributed by atoms with Crippen LogP contribution in [0.4, 0.5) is 0 Å². The van der Waals surface area contributed by atoms with E-state index < -0.39 is 10.1 Å². The third kappa shape index (κ3) is 5.25. The normalized spacial score (nSPS) is 12.6. The summed E-state index contributed by atoms with van der Waals surface area (Å²) in [5, 5.41) is 0. The quantitative estimate of drug-likeness (QED) is 0.541. The van der Waals surface area contributed by atoms with Crippen LogP contribution in [-0.4, -0.2) is 26.2 Å². The van der Waals surface area contributed by atoms with Crippen LogP contribution >= 0.6 is 0 Å². The Kier molecular flexibility index (Phi) is 6.23. The highest BCUT2D eigenvalue weighted by molar-refractivity contribution is 7.85. The van der Waals surface area contributed by atoms with Gasteiger partial charge in [0, 0.05) is 0 Å². The van der Waals surface area contributed by atoms with Crippen molar-refractivity contribution in [1.82, 2.24) is 0 Å². The Labute approximate surface area is 143 Å². The monoisotopic (exact) mass is 351 g/mol. The summed E-state index contributed by atoms with van der Waals surface area (Å²) < 4.78 is 40.3. The van der Waals surface area contributed by atoms with Crippen LogP contribution in [0, 0.1) is 0 Å². The smallest absolute Gasteiger partial charge is 0.409 e. The molecule has 2 rings (SSSR count). The Hall–Kier alpha value is -2.05. The summed E-state index contributed by atoms with van der Waals surface area (Å²) in [4.78, 5) is -0.0482. The van der Waals surface area contributed by atoms with E-state index in [-0.39, 0.29) is 4.90 Å². The van der Waals surface area contributed by atoms with Crippen molar-refractivity contribution in [3.8, 4) is 11.5 Å². The molecule has 6 heteroatoms. The molecule has 5 nitrogen and oxygen atoms in total. The van der Waals surface area contributed by atoms with Crippen molar-refractivity contribution in [3.05, 3.63) is 54.1 Å². The summed E-state index contributed by atoms with van der Waals surface area (Å²) in [6.45, 7) is 5.08. The maximum atomic E-state index is 11.1. The van der Waals surface area contributed by atoms with Crippen LogP contribution in [0.1, 0.15) is 31.7 Å². The molecule has 1 atom stereocenters. The zero-order chi connectivity index (χ0) is 17.6. The van der Waals surface area contributed by atoms with E-state index in [1.807, 2.05) is 18.2 Å². The van der Waals surface area contributed by atoms with Gasteiger partial charge in [0.05, 0.1) is 0 Å². The summed E-state index contributed by atoms with van der Waals surface area (Å²) in [6.07, 6.45) is 1.08. The number of benzene rings is 2. The Morgan fingerprint density at radius 2 is 1.62 bits per heavy atom. The van der Waals surface area contributed by atoms with Crippen LogP contribution in [-0.2, 0) is 10.1 Å². The molecule has 0 spiro atoms. The molecule has 0 bridgehead atoms. The van der Waals surface area contributed by atoms with Crippen molar-refractivity contribution in [2.24, 2.45) is 0 Å². The van der Waals surface area contributed by atoms with Gasteiger partial charge in [-0.25, -0.2) is 0 Å². The summed E-state index contributed by atoms with van der Waals surface area (Å²) in [7, 11) is -3.92. The average Bonchev–Trinajstić information content (AvgIpc) is 2.58. The van der Waals surface area contributed by atoms with E-state index in [0.29, 0.717) is 24.9 Å². The van der Waals surface area contributed by atoms with Crippen molar-refractivity contribution in [2.45, 2.75) is 31.1 Å². The standard InChI is InChI=1S/C18H22O5S/c1-3-14(2)15-5-4-6-17(13-15)23-12-11-22-16-7-9-18(10-8-16)24(19,20)21/h4-10,13-14H,3,11-12H2,1-2H3,(H,19,20,21)/p+1. The van der Waals surface area contributed by atoms with E-state index in [1.165, 1.54) is 29.8 Å². The van der Waals surface area contributed by atoms with Crippen molar-refractivity contribution in [2.75, 3.05) is 13.2 Å². The summed E-state index contributed by atoms with van der Waals surface area (Å²) in [6, 6.07) is 13.8. The third-order valence-electron chi connectivity index (χ3n) is 3.79. The molecule has 2 aromatic rings. The van der Waals surface area contributed by atoms with Gasteiger partial charge >= 0.3 is 10.1 Å². The first-order valence-electron chi connectivity index (χ1n) is 7.85. The lowest BCUT2D eigenvalue weighted by Gasteiger charge is -2.12. The molecular weight excluding hydrogens is 328 g/mol. The summed E-state index contributed by atoms with van der Waals surface area (Å²) >= 11 is 0. The Balaban J connectivity index is 1.83. The van der Waals surface area contributed by atoms with E-state index >= 15 is 0 Å². The number of rotatable bonds is 8. The molecule has 0 aliphatic rings. The zero-order valence-corrected chi connectivity index (χ0v) is 14.7. The first-order chi connectivity index (χ1) is 11.4. The van der Waals surface area contributed by atoms with Gasteiger partial charge in [-0.1, -0.05) is 26.0 Å². The van der Waals surface area contributed by atoms with Crippen LogP contribution in [0.3, 0.4) is 0 Å². The molecule has 130 valence electrons. The van der Waals surface area contributed by atoms with Gasteiger partial charge in [-0.3, -0.25) is 0 Å². The van der Waals surface area contributed by atoms with Crippen molar-refractivity contribution >= 4 is 10.1 Å². The van der Waals surface area contributed by atoms with E-state index in [1.54, 1.807) is 0 Å². The molecule has 1 unspecified atom stereocenters. The van der Waals surface area contributed by atoms with Gasteiger partial charge in [-0.05, 0) is 54.3 Å².